The molecule has 8 nitrogen and oxygen atoms in total. The Hall–Kier alpha value is -2.77. The van der Waals surface area contributed by atoms with Gasteiger partial charge in [-0.2, -0.15) is 10.1 Å². The fourth-order valence-corrected chi connectivity index (χ4v) is 2.34. The highest BCUT2D eigenvalue weighted by atomic mass is 16.5. The van der Waals surface area contributed by atoms with Crippen LogP contribution in [0, 0.1) is 13.8 Å². The Balaban J connectivity index is 1.64. The monoisotopic (exact) mass is 328 g/mol. The van der Waals surface area contributed by atoms with E-state index in [-0.39, 0.29) is 11.8 Å². The summed E-state index contributed by atoms with van der Waals surface area (Å²) in [4.78, 5) is 20.9. The van der Waals surface area contributed by atoms with Crippen LogP contribution in [0.5, 0.6) is 0 Å². The third kappa shape index (κ3) is 3.27. The summed E-state index contributed by atoms with van der Waals surface area (Å²) in [6.07, 6.45) is 0.509. The molecule has 0 saturated carbocycles. The fourth-order valence-electron chi connectivity index (χ4n) is 2.34. The Kier molecular flexibility index (Phi) is 4.28. The molecule has 0 fully saturated rings. The zero-order valence-electron chi connectivity index (χ0n) is 14.2. The third-order valence-corrected chi connectivity index (χ3v) is 3.57. The number of aromatic nitrogens is 5. The molecular weight excluding hydrogens is 308 g/mol. The number of hydrogen-bond donors (Lipinski definition) is 1. The van der Waals surface area contributed by atoms with Crippen LogP contribution in [-0.4, -0.2) is 37.2 Å². The minimum Gasteiger partial charge on any atom is -0.350 e. The number of hydrogen-bond acceptors (Lipinski definition) is 6. The summed E-state index contributed by atoms with van der Waals surface area (Å²) in [6.45, 7) is 8.18. The van der Waals surface area contributed by atoms with E-state index in [4.69, 9.17) is 4.52 Å². The quantitative estimate of drug-likeness (QED) is 0.767. The predicted octanol–water partition coefficient (Wildman–Crippen LogP) is 1.83. The Morgan fingerprint density at radius 2 is 2.08 bits per heavy atom. The van der Waals surface area contributed by atoms with Gasteiger partial charge in [-0.1, -0.05) is 19.0 Å². The lowest BCUT2D eigenvalue weighted by Gasteiger charge is -2.05. The van der Waals surface area contributed by atoms with Crippen LogP contribution in [0.1, 0.15) is 53.4 Å². The van der Waals surface area contributed by atoms with Gasteiger partial charge < -0.3 is 9.84 Å². The van der Waals surface area contributed by atoms with Crippen LogP contribution < -0.4 is 5.32 Å². The number of rotatable bonds is 5. The number of carbonyl (C=O) groups is 1. The summed E-state index contributed by atoms with van der Waals surface area (Å²) in [6, 6.07) is 3.57. The molecular formula is C16H20N6O2. The highest BCUT2D eigenvalue weighted by Gasteiger charge is 2.13. The van der Waals surface area contributed by atoms with Crippen molar-refractivity contribution in [2.24, 2.45) is 0 Å². The normalized spacial score (nSPS) is 11.4. The molecule has 3 aromatic heterocycles. The van der Waals surface area contributed by atoms with Crippen LogP contribution in [0.2, 0.25) is 0 Å². The molecule has 0 aliphatic heterocycles. The molecule has 0 radical (unpaired) electrons. The van der Waals surface area contributed by atoms with Crippen LogP contribution in [0.3, 0.4) is 0 Å². The molecule has 3 rings (SSSR count). The van der Waals surface area contributed by atoms with Gasteiger partial charge in [-0.05, 0) is 19.9 Å². The lowest BCUT2D eigenvalue weighted by Crippen LogP contribution is -2.27. The minimum atomic E-state index is -0.230. The number of fused-ring (bicyclic) bond motifs is 1. The van der Waals surface area contributed by atoms with E-state index >= 15 is 0 Å². The third-order valence-electron chi connectivity index (χ3n) is 3.57. The zero-order chi connectivity index (χ0) is 17.3. The molecule has 3 heterocycles. The van der Waals surface area contributed by atoms with Crippen LogP contribution in [0.15, 0.2) is 16.7 Å². The standard InChI is InChI=1S/C16H20N6O2/c1-9(2)16-19-13(21-24-16)5-6-17-15(23)12-8-11(4)22-14(18-12)7-10(3)20-22/h7-9H,5-6H2,1-4H3,(H,17,23). The summed E-state index contributed by atoms with van der Waals surface area (Å²) in [7, 11) is 0. The van der Waals surface area contributed by atoms with Crippen LogP contribution in [0.25, 0.3) is 5.65 Å². The van der Waals surface area contributed by atoms with E-state index in [0.29, 0.717) is 36.0 Å². The maximum Gasteiger partial charge on any atom is 0.270 e. The molecule has 24 heavy (non-hydrogen) atoms. The highest BCUT2D eigenvalue weighted by molar-refractivity contribution is 5.92. The second-order valence-electron chi connectivity index (χ2n) is 6.05. The molecule has 0 bridgehead atoms. The lowest BCUT2D eigenvalue weighted by molar-refractivity contribution is 0.0949. The molecule has 0 aromatic carbocycles. The molecule has 8 heteroatoms. The molecule has 0 unspecified atom stereocenters. The molecule has 3 aromatic rings. The van der Waals surface area contributed by atoms with Gasteiger partial charge in [0.15, 0.2) is 11.5 Å². The second-order valence-corrected chi connectivity index (χ2v) is 6.05. The van der Waals surface area contributed by atoms with Crippen LogP contribution in [0.4, 0.5) is 0 Å². The lowest BCUT2D eigenvalue weighted by atomic mass is 10.2. The first-order valence-corrected chi connectivity index (χ1v) is 7.88. The molecule has 0 aliphatic carbocycles. The average molecular weight is 328 g/mol. The predicted molar refractivity (Wildman–Crippen MR) is 86.9 cm³/mol. The number of nitrogens with one attached hydrogen (secondary N) is 1. The molecule has 1 N–H and O–H groups in total. The van der Waals surface area contributed by atoms with E-state index < -0.39 is 0 Å². The van der Waals surface area contributed by atoms with Crippen molar-refractivity contribution in [3.63, 3.8) is 0 Å². The van der Waals surface area contributed by atoms with Gasteiger partial charge in [-0.15, -0.1) is 0 Å². The minimum absolute atomic E-state index is 0.193. The Morgan fingerprint density at radius 3 is 2.79 bits per heavy atom. The largest absolute Gasteiger partial charge is 0.350 e. The summed E-state index contributed by atoms with van der Waals surface area (Å²) < 4.78 is 6.86. The zero-order valence-corrected chi connectivity index (χ0v) is 14.2. The number of aryl methyl sites for hydroxylation is 2. The topological polar surface area (TPSA) is 98.2 Å². The van der Waals surface area contributed by atoms with Crippen LogP contribution >= 0.6 is 0 Å². The van der Waals surface area contributed by atoms with Crippen molar-refractivity contribution in [2.45, 2.75) is 40.0 Å². The van der Waals surface area contributed by atoms with Crippen molar-refractivity contribution in [1.82, 2.24) is 30.1 Å². The second kappa shape index (κ2) is 6.38. The van der Waals surface area contributed by atoms with E-state index in [0.717, 1.165) is 11.4 Å². The van der Waals surface area contributed by atoms with Crippen molar-refractivity contribution < 1.29 is 9.32 Å². The van der Waals surface area contributed by atoms with Gasteiger partial charge in [0.1, 0.15) is 5.69 Å². The van der Waals surface area contributed by atoms with E-state index in [1.54, 1.807) is 10.6 Å². The van der Waals surface area contributed by atoms with Crippen molar-refractivity contribution in [2.75, 3.05) is 6.54 Å². The first-order valence-electron chi connectivity index (χ1n) is 7.88. The average Bonchev–Trinajstić information content (AvgIpc) is 3.13. The molecule has 0 aliphatic rings. The van der Waals surface area contributed by atoms with Crippen molar-refractivity contribution >= 4 is 11.6 Å². The smallest absolute Gasteiger partial charge is 0.270 e. The van der Waals surface area contributed by atoms with E-state index in [1.165, 1.54) is 0 Å². The Bertz CT molecular complexity index is 880. The number of nitrogens with zero attached hydrogens (tertiary/aromatic N) is 5. The fraction of sp³-hybridized carbons (Fsp3) is 0.438. The SMILES string of the molecule is Cc1cc2nc(C(=O)NCCc3noc(C(C)C)n3)cc(C)n2n1. The maximum atomic E-state index is 12.3. The van der Waals surface area contributed by atoms with Crippen molar-refractivity contribution in [3.8, 4) is 0 Å². The first-order chi connectivity index (χ1) is 11.4. The summed E-state index contributed by atoms with van der Waals surface area (Å²) in [5, 5.41) is 11.1. The van der Waals surface area contributed by atoms with Crippen LogP contribution in [-0.2, 0) is 6.42 Å². The number of amides is 1. The van der Waals surface area contributed by atoms with Crippen molar-refractivity contribution in [3.05, 3.63) is 40.9 Å². The van der Waals surface area contributed by atoms with Gasteiger partial charge in [0.25, 0.3) is 5.91 Å². The van der Waals surface area contributed by atoms with Gasteiger partial charge in [-0.25, -0.2) is 9.50 Å². The summed E-state index contributed by atoms with van der Waals surface area (Å²) in [5.41, 5.74) is 2.76. The summed E-state index contributed by atoms with van der Waals surface area (Å²) >= 11 is 0. The molecule has 1 amide bonds. The van der Waals surface area contributed by atoms with E-state index in [1.807, 2.05) is 33.8 Å². The summed E-state index contributed by atoms with van der Waals surface area (Å²) in [5.74, 6) is 1.16. The van der Waals surface area contributed by atoms with Gasteiger partial charge in [-0.3, -0.25) is 4.79 Å². The Labute approximate surface area is 139 Å². The number of carbonyl (C=O) groups excluding carboxylic acids is 1. The highest BCUT2D eigenvalue weighted by Crippen LogP contribution is 2.11. The van der Waals surface area contributed by atoms with E-state index in [9.17, 15) is 4.79 Å². The van der Waals surface area contributed by atoms with Gasteiger partial charge >= 0.3 is 0 Å². The molecule has 0 atom stereocenters. The molecule has 0 spiro atoms. The maximum absolute atomic E-state index is 12.3. The first kappa shape index (κ1) is 16.1. The molecule has 126 valence electrons. The van der Waals surface area contributed by atoms with E-state index in [2.05, 4.69) is 25.5 Å². The molecule has 0 saturated heterocycles. The van der Waals surface area contributed by atoms with Gasteiger partial charge in [0, 0.05) is 30.6 Å². The Morgan fingerprint density at radius 1 is 1.29 bits per heavy atom. The van der Waals surface area contributed by atoms with Gasteiger partial charge in [0.2, 0.25) is 5.89 Å². The van der Waals surface area contributed by atoms with Crippen molar-refractivity contribution in [1.29, 1.82) is 0 Å². The van der Waals surface area contributed by atoms with Gasteiger partial charge in [0.05, 0.1) is 5.69 Å².